The number of esters is 2. The summed E-state index contributed by atoms with van der Waals surface area (Å²) in [5.74, 6) is -1.22. The van der Waals surface area contributed by atoms with Gasteiger partial charge in [0.2, 0.25) is 0 Å². The first-order valence-electron chi connectivity index (χ1n) is 10.1. The molecular weight excluding hydrogens is 394 g/mol. The molecule has 0 fully saturated rings. The van der Waals surface area contributed by atoms with Crippen molar-refractivity contribution in [2.75, 3.05) is 0 Å². The van der Waals surface area contributed by atoms with Gasteiger partial charge in [-0.1, -0.05) is 84.9 Å². The van der Waals surface area contributed by atoms with Crippen molar-refractivity contribution >= 4 is 11.9 Å². The molecule has 0 saturated carbocycles. The average Bonchev–Trinajstić information content (AvgIpc) is 2.83. The highest BCUT2D eigenvalue weighted by molar-refractivity contribution is 5.78. The molecule has 2 N–H and O–H groups in total. The van der Waals surface area contributed by atoms with Gasteiger partial charge in [0.1, 0.15) is 12.6 Å². The van der Waals surface area contributed by atoms with Crippen molar-refractivity contribution in [1.29, 1.82) is 0 Å². The van der Waals surface area contributed by atoms with E-state index >= 15 is 0 Å². The highest BCUT2D eigenvalue weighted by atomic mass is 16.6. The van der Waals surface area contributed by atoms with Gasteiger partial charge in [0.15, 0.2) is 12.3 Å². The number of aliphatic hydroxyl groups excluding tert-OH is 1. The summed E-state index contributed by atoms with van der Waals surface area (Å²) in [7, 11) is 0. The number of hydrogen-bond donors (Lipinski definition) is 2. The Morgan fingerprint density at radius 1 is 0.935 bits per heavy atom. The normalized spacial score (nSPS) is 18.5. The minimum atomic E-state index is -1.42. The fourth-order valence-corrected chi connectivity index (χ4v) is 3.56. The molecule has 3 aromatic carbocycles. The average molecular weight is 417 g/mol. The van der Waals surface area contributed by atoms with Gasteiger partial charge >= 0.3 is 11.9 Å². The van der Waals surface area contributed by atoms with E-state index in [1.54, 1.807) is 30.3 Å². The number of fused-ring (bicyclic) bond motifs is 1. The van der Waals surface area contributed by atoms with Gasteiger partial charge < -0.3 is 14.6 Å². The minimum absolute atomic E-state index is 0.163. The molecule has 158 valence electrons. The monoisotopic (exact) mass is 417 g/mol. The van der Waals surface area contributed by atoms with Crippen molar-refractivity contribution in [3.05, 3.63) is 107 Å². The fourth-order valence-electron chi connectivity index (χ4n) is 3.56. The standard InChI is InChI=1S/C25H23NO5/c27-22(18-11-5-2-6-12-18)25(29)31-23-20-14-8-7-13-19(20)15-21(26-23)24(28)30-16-17-9-3-1-4-10-17/h1-14,21-23,26-27H,15-16H2/t21?,22-,23?/m1/s1. The number of ether oxygens (including phenoxy) is 2. The van der Waals surface area contributed by atoms with E-state index in [2.05, 4.69) is 5.32 Å². The zero-order chi connectivity index (χ0) is 21.6. The summed E-state index contributed by atoms with van der Waals surface area (Å²) in [5, 5.41) is 13.4. The van der Waals surface area contributed by atoms with E-state index in [1.807, 2.05) is 54.6 Å². The van der Waals surface area contributed by atoms with Crippen molar-refractivity contribution < 1.29 is 24.2 Å². The van der Waals surface area contributed by atoms with Crippen molar-refractivity contribution in [3.63, 3.8) is 0 Å². The smallest absolute Gasteiger partial charge is 0.341 e. The molecule has 6 nitrogen and oxygen atoms in total. The van der Waals surface area contributed by atoms with Crippen molar-refractivity contribution in [2.45, 2.75) is 31.4 Å². The molecule has 1 heterocycles. The molecule has 0 spiro atoms. The quantitative estimate of drug-likeness (QED) is 0.599. The van der Waals surface area contributed by atoms with E-state index in [4.69, 9.17) is 9.47 Å². The molecule has 0 radical (unpaired) electrons. The maximum Gasteiger partial charge on any atom is 0.341 e. The zero-order valence-electron chi connectivity index (χ0n) is 16.8. The summed E-state index contributed by atoms with van der Waals surface area (Å²) in [4.78, 5) is 25.3. The van der Waals surface area contributed by atoms with E-state index in [0.29, 0.717) is 12.0 Å². The first kappa shape index (κ1) is 20.8. The van der Waals surface area contributed by atoms with Gasteiger partial charge in [-0.2, -0.15) is 0 Å². The maximum absolute atomic E-state index is 12.7. The zero-order valence-corrected chi connectivity index (χ0v) is 16.8. The van der Waals surface area contributed by atoms with Crippen LogP contribution in [0.5, 0.6) is 0 Å². The van der Waals surface area contributed by atoms with E-state index in [0.717, 1.165) is 16.7 Å². The Morgan fingerprint density at radius 3 is 2.32 bits per heavy atom. The van der Waals surface area contributed by atoms with Crippen LogP contribution in [0, 0.1) is 0 Å². The lowest BCUT2D eigenvalue weighted by Crippen LogP contribution is -2.47. The van der Waals surface area contributed by atoms with Gasteiger partial charge in [-0.25, -0.2) is 4.79 Å². The van der Waals surface area contributed by atoms with E-state index < -0.39 is 30.3 Å². The van der Waals surface area contributed by atoms with Gasteiger partial charge in [-0.05, 0) is 23.1 Å². The van der Waals surface area contributed by atoms with Crippen LogP contribution in [-0.4, -0.2) is 23.1 Å². The molecule has 4 rings (SSSR count). The third-order valence-electron chi connectivity index (χ3n) is 5.20. The summed E-state index contributed by atoms with van der Waals surface area (Å²) < 4.78 is 11.0. The lowest BCUT2D eigenvalue weighted by atomic mass is 9.94. The topological polar surface area (TPSA) is 84.9 Å². The number of carbonyl (C=O) groups is 2. The van der Waals surface area contributed by atoms with Crippen molar-refractivity contribution in [1.82, 2.24) is 5.32 Å². The first-order valence-corrected chi connectivity index (χ1v) is 10.1. The van der Waals surface area contributed by atoms with Crippen LogP contribution >= 0.6 is 0 Å². The Hall–Kier alpha value is -3.48. The van der Waals surface area contributed by atoms with Crippen LogP contribution in [0.4, 0.5) is 0 Å². The molecule has 0 aromatic heterocycles. The van der Waals surface area contributed by atoms with Gasteiger partial charge in [-0.3, -0.25) is 10.1 Å². The third-order valence-corrected chi connectivity index (χ3v) is 5.20. The van der Waals surface area contributed by atoms with Gasteiger partial charge in [0, 0.05) is 5.56 Å². The molecule has 3 atom stereocenters. The van der Waals surface area contributed by atoms with Crippen LogP contribution < -0.4 is 5.32 Å². The van der Waals surface area contributed by atoms with Crippen LogP contribution in [0.15, 0.2) is 84.9 Å². The van der Waals surface area contributed by atoms with Crippen LogP contribution in [0.1, 0.15) is 34.6 Å². The van der Waals surface area contributed by atoms with Crippen molar-refractivity contribution in [2.24, 2.45) is 0 Å². The summed E-state index contributed by atoms with van der Waals surface area (Å²) in [5.41, 5.74) is 2.97. The molecule has 1 aliphatic rings. The number of aliphatic hydroxyl groups is 1. The molecular formula is C25H23NO5. The minimum Gasteiger partial charge on any atom is -0.460 e. The van der Waals surface area contributed by atoms with E-state index in [9.17, 15) is 14.7 Å². The Bertz CT molecular complexity index is 1040. The van der Waals surface area contributed by atoms with Gasteiger partial charge in [0.05, 0.1) is 0 Å². The predicted molar refractivity (Wildman–Crippen MR) is 114 cm³/mol. The van der Waals surface area contributed by atoms with Gasteiger partial charge in [0.25, 0.3) is 0 Å². The third kappa shape index (κ3) is 4.99. The molecule has 1 aliphatic heterocycles. The molecule has 0 saturated heterocycles. The summed E-state index contributed by atoms with van der Waals surface area (Å²) in [6.45, 7) is 0.163. The predicted octanol–water partition coefficient (Wildman–Crippen LogP) is 3.22. The molecule has 0 bridgehead atoms. The highest BCUT2D eigenvalue weighted by Gasteiger charge is 2.34. The number of benzene rings is 3. The molecule has 0 aliphatic carbocycles. The Kier molecular flexibility index (Phi) is 6.40. The number of rotatable bonds is 6. The Balaban J connectivity index is 1.46. The molecule has 6 heteroatoms. The maximum atomic E-state index is 12.7. The van der Waals surface area contributed by atoms with Crippen LogP contribution in [0.2, 0.25) is 0 Å². The Labute approximate surface area is 180 Å². The lowest BCUT2D eigenvalue weighted by molar-refractivity contribution is -0.165. The van der Waals surface area contributed by atoms with Crippen LogP contribution in [-0.2, 0) is 32.1 Å². The summed E-state index contributed by atoms with van der Waals surface area (Å²) in [6, 6.07) is 24.7. The van der Waals surface area contributed by atoms with Crippen LogP contribution in [0.25, 0.3) is 0 Å². The van der Waals surface area contributed by atoms with Gasteiger partial charge in [-0.15, -0.1) is 0 Å². The fraction of sp³-hybridized carbons (Fsp3) is 0.200. The van der Waals surface area contributed by atoms with Crippen LogP contribution in [0.3, 0.4) is 0 Å². The molecule has 2 unspecified atom stereocenters. The molecule has 31 heavy (non-hydrogen) atoms. The Morgan fingerprint density at radius 2 is 1.58 bits per heavy atom. The number of hydrogen-bond acceptors (Lipinski definition) is 6. The van der Waals surface area contributed by atoms with Crippen molar-refractivity contribution in [3.8, 4) is 0 Å². The SMILES string of the molecule is O=C(OCc1ccccc1)C1Cc2ccccc2C(OC(=O)[C@H](O)c2ccccc2)N1. The second-order valence-corrected chi connectivity index (χ2v) is 7.35. The number of carbonyl (C=O) groups excluding carboxylic acids is 2. The molecule has 3 aromatic rings. The molecule has 0 amide bonds. The number of nitrogens with one attached hydrogen (secondary N) is 1. The summed E-state index contributed by atoms with van der Waals surface area (Å²) in [6.07, 6.45) is -1.87. The lowest BCUT2D eigenvalue weighted by Gasteiger charge is -2.32. The van der Waals surface area contributed by atoms with E-state index in [-0.39, 0.29) is 6.61 Å². The first-order chi connectivity index (χ1) is 15.1. The highest BCUT2D eigenvalue weighted by Crippen LogP contribution is 2.28. The second-order valence-electron chi connectivity index (χ2n) is 7.35. The second kappa shape index (κ2) is 9.55. The van der Waals surface area contributed by atoms with E-state index in [1.165, 1.54) is 0 Å². The largest absolute Gasteiger partial charge is 0.460 e. The summed E-state index contributed by atoms with van der Waals surface area (Å²) >= 11 is 0.